The Bertz CT molecular complexity index is 786. The van der Waals surface area contributed by atoms with Gasteiger partial charge in [0.15, 0.2) is 0 Å². The van der Waals surface area contributed by atoms with Crippen LogP contribution in [0, 0.1) is 0 Å². The van der Waals surface area contributed by atoms with Crippen molar-refractivity contribution >= 4 is 11.6 Å². The Morgan fingerprint density at radius 3 is 2.56 bits per heavy atom. The third kappa shape index (κ3) is 4.67. The minimum atomic E-state index is -0.321. The van der Waals surface area contributed by atoms with Crippen LogP contribution in [0.25, 0.3) is 0 Å². The van der Waals surface area contributed by atoms with E-state index in [4.69, 9.17) is 4.74 Å². The largest absolute Gasteiger partial charge is 0.493 e. The van der Waals surface area contributed by atoms with Crippen LogP contribution in [-0.4, -0.2) is 27.0 Å². The van der Waals surface area contributed by atoms with Gasteiger partial charge in [0.05, 0.1) is 12.9 Å². The minimum absolute atomic E-state index is 0.0932. The van der Waals surface area contributed by atoms with Crippen molar-refractivity contribution in [3.05, 3.63) is 73.1 Å². The first-order valence-electron chi connectivity index (χ1n) is 8.12. The number of hydrogen-bond donors (Lipinski definition) is 1. The predicted molar refractivity (Wildman–Crippen MR) is 95.4 cm³/mol. The monoisotopic (exact) mass is 336 g/mol. The number of carbonyl (C=O) groups is 1. The van der Waals surface area contributed by atoms with E-state index >= 15 is 0 Å². The number of nitrogens with zero attached hydrogens (tertiary/aromatic N) is 3. The molecule has 0 saturated heterocycles. The van der Waals surface area contributed by atoms with Gasteiger partial charge in [-0.1, -0.05) is 0 Å². The molecular formula is C19H20N4O2. The third-order valence-electron chi connectivity index (χ3n) is 3.88. The molecule has 2 aromatic heterocycles. The minimum Gasteiger partial charge on any atom is -0.493 e. The van der Waals surface area contributed by atoms with E-state index in [0.717, 1.165) is 17.9 Å². The summed E-state index contributed by atoms with van der Waals surface area (Å²) in [5.74, 6) is 0.680. The molecule has 3 rings (SSSR count). The maximum absolute atomic E-state index is 12.2. The van der Waals surface area contributed by atoms with E-state index in [1.807, 2.05) is 43.3 Å². The van der Waals surface area contributed by atoms with Gasteiger partial charge in [-0.3, -0.25) is 9.78 Å². The predicted octanol–water partition coefficient (Wildman–Crippen LogP) is 3.10. The summed E-state index contributed by atoms with van der Waals surface area (Å²) < 4.78 is 7.49. The molecule has 0 aliphatic heterocycles. The molecule has 0 fully saturated rings. The van der Waals surface area contributed by atoms with Crippen molar-refractivity contribution in [2.45, 2.75) is 19.4 Å². The summed E-state index contributed by atoms with van der Waals surface area (Å²) in [7, 11) is 0. The van der Waals surface area contributed by atoms with E-state index in [1.54, 1.807) is 35.7 Å². The maximum Gasteiger partial charge on any atom is 0.247 e. The zero-order valence-electron chi connectivity index (χ0n) is 14.0. The number of amides is 1. The van der Waals surface area contributed by atoms with Crippen LogP contribution in [0.1, 0.15) is 18.5 Å². The van der Waals surface area contributed by atoms with Crippen molar-refractivity contribution in [1.82, 2.24) is 14.5 Å². The van der Waals surface area contributed by atoms with Crippen molar-refractivity contribution in [3.8, 4) is 5.75 Å². The fourth-order valence-electron chi connectivity index (χ4n) is 2.35. The number of pyridine rings is 1. The summed E-state index contributed by atoms with van der Waals surface area (Å²) in [5.41, 5.74) is 1.92. The molecular weight excluding hydrogens is 316 g/mol. The Morgan fingerprint density at radius 1 is 1.12 bits per heavy atom. The number of rotatable bonds is 7. The molecule has 0 bridgehead atoms. The number of anilines is 1. The van der Waals surface area contributed by atoms with E-state index < -0.39 is 0 Å². The summed E-state index contributed by atoms with van der Waals surface area (Å²) in [5, 5.41) is 2.89. The van der Waals surface area contributed by atoms with Crippen molar-refractivity contribution < 1.29 is 9.53 Å². The van der Waals surface area contributed by atoms with Crippen molar-refractivity contribution in [2.75, 3.05) is 11.9 Å². The molecule has 0 aliphatic carbocycles. The fourth-order valence-corrected chi connectivity index (χ4v) is 2.35. The SMILES string of the molecule is C[C@@H](C(=O)Nc1ccc(OCCc2ccncc2)cc1)n1ccnc1. The number of carbonyl (C=O) groups excluding carboxylic acids is 1. The molecule has 3 aromatic rings. The quantitative estimate of drug-likeness (QED) is 0.720. The summed E-state index contributed by atoms with van der Waals surface area (Å²) in [6.07, 6.45) is 9.43. The van der Waals surface area contributed by atoms with Crippen molar-refractivity contribution in [3.63, 3.8) is 0 Å². The highest BCUT2D eigenvalue weighted by Gasteiger charge is 2.14. The van der Waals surface area contributed by atoms with Gasteiger partial charge >= 0.3 is 0 Å². The second-order valence-electron chi connectivity index (χ2n) is 5.65. The van der Waals surface area contributed by atoms with Crippen LogP contribution < -0.4 is 10.1 Å². The van der Waals surface area contributed by atoms with Gasteiger partial charge in [0, 0.05) is 36.9 Å². The van der Waals surface area contributed by atoms with Crippen LogP contribution in [0.3, 0.4) is 0 Å². The fraction of sp³-hybridized carbons (Fsp3) is 0.211. The Balaban J connectivity index is 1.49. The molecule has 25 heavy (non-hydrogen) atoms. The van der Waals surface area contributed by atoms with Crippen molar-refractivity contribution in [1.29, 1.82) is 0 Å². The highest BCUT2D eigenvalue weighted by atomic mass is 16.5. The Labute approximate surface area is 146 Å². The zero-order chi connectivity index (χ0) is 17.5. The van der Waals surface area contributed by atoms with Crippen LogP contribution >= 0.6 is 0 Å². The number of hydrogen-bond acceptors (Lipinski definition) is 4. The van der Waals surface area contributed by atoms with Crippen LogP contribution in [0.2, 0.25) is 0 Å². The number of imidazole rings is 1. The first kappa shape index (κ1) is 16.7. The number of aromatic nitrogens is 3. The summed E-state index contributed by atoms with van der Waals surface area (Å²) in [6, 6.07) is 11.0. The van der Waals surface area contributed by atoms with Gasteiger partial charge in [-0.25, -0.2) is 4.98 Å². The van der Waals surface area contributed by atoms with E-state index in [-0.39, 0.29) is 11.9 Å². The maximum atomic E-state index is 12.2. The zero-order valence-corrected chi connectivity index (χ0v) is 14.0. The summed E-state index contributed by atoms with van der Waals surface area (Å²) in [6.45, 7) is 2.42. The Morgan fingerprint density at radius 2 is 1.88 bits per heavy atom. The Kier molecular flexibility index (Phi) is 5.41. The topological polar surface area (TPSA) is 69.0 Å². The van der Waals surface area contributed by atoms with Gasteiger partial charge in [0.25, 0.3) is 0 Å². The molecule has 6 nitrogen and oxygen atoms in total. The third-order valence-corrected chi connectivity index (χ3v) is 3.88. The van der Waals surface area contributed by atoms with E-state index in [0.29, 0.717) is 6.61 Å². The van der Waals surface area contributed by atoms with E-state index in [1.165, 1.54) is 5.56 Å². The van der Waals surface area contributed by atoms with Gasteiger partial charge < -0.3 is 14.6 Å². The number of ether oxygens (including phenoxy) is 1. The molecule has 1 atom stereocenters. The smallest absolute Gasteiger partial charge is 0.247 e. The molecule has 1 N–H and O–H groups in total. The lowest BCUT2D eigenvalue weighted by molar-refractivity contribution is -0.118. The Hall–Kier alpha value is -3.15. The van der Waals surface area contributed by atoms with E-state index in [2.05, 4.69) is 15.3 Å². The van der Waals surface area contributed by atoms with Crippen LogP contribution in [0.4, 0.5) is 5.69 Å². The second kappa shape index (κ2) is 8.10. The lowest BCUT2D eigenvalue weighted by Crippen LogP contribution is -2.22. The summed E-state index contributed by atoms with van der Waals surface area (Å²) >= 11 is 0. The van der Waals surface area contributed by atoms with Gasteiger partial charge in [0.1, 0.15) is 11.8 Å². The molecule has 128 valence electrons. The molecule has 0 saturated carbocycles. The number of benzene rings is 1. The number of nitrogens with one attached hydrogen (secondary N) is 1. The first-order valence-corrected chi connectivity index (χ1v) is 8.12. The highest BCUT2D eigenvalue weighted by molar-refractivity contribution is 5.93. The lowest BCUT2D eigenvalue weighted by Gasteiger charge is -2.13. The normalized spacial score (nSPS) is 11.7. The van der Waals surface area contributed by atoms with Gasteiger partial charge in [-0.2, -0.15) is 0 Å². The highest BCUT2D eigenvalue weighted by Crippen LogP contribution is 2.17. The van der Waals surface area contributed by atoms with Gasteiger partial charge in [-0.15, -0.1) is 0 Å². The van der Waals surface area contributed by atoms with Crippen LogP contribution in [0.15, 0.2) is 67.5 Å². The molecule has 6 heteroatoms. The molecule has 0 unspecified atom stereocenters. The first-order chi connectivity index (χ1) is 12.2. The molecule has 1 amide bonds. The standard InChI is InChI=1S/C19H20N4O2/c1-15(23-12-11-21-14-23)19(24)22-17-2-4-18(5-3-17)25-13-8-16-6-9-20-10-7-16/h2-7,9-12,14-15H,8,13H2,1H3,(H,22,24)/t15-/m0/s1. The molecule has 2 heterocycles. The second-order valence-corrected chi connectivity index (χ2v) is 5.65. The average Bonchev–Trinajstić information content (AvgIpc) is 3.18. The van der Waals surface area contributed by atoms with E-state index in [9.17, 15) is 4.79 Å². The lowest BCUT2D eigenvalue weighted by atomic mass is 10.2. The average molecular weight is 336 g/mol. The van der Waals surface area contributed by atoms with Crippen LogP contribution in [-0.2, 0) is 11.2 Å². The van der Waals surface area contributed by atoms with Gasteiger partial charge in [0.2, 0.25) is 5.91 Å². The molecule has 0 radical (unpaired) electrons. The van der Waals surface area contributed by atoms with Gasteiger partial charge in [-0.05, 0) is 48.9 Å². The molecule has 0 aliphatic rings. The molecule has 1 aromatic carbocycles. The van der Waals surface area contributed by atoms with Crippen molar-refractivity contribution in [2.24, 2.45) is 0 Å². The summed E-state index contributed by atoms with van der Waals surface area (Å²) in [4.78, 5) is 20.2. The molecule has 0 spiro atoms. The van der Waals surface area contributed by atoms with Crippen LogP contribution in [0.5, 0.6) is 5.75 Å².